The quantitative estimate of drug-likeness (QED) is 0.598. The van der Waals surface area contributed by atoms with E-state index in [2.05, 4.69) is 25.8 Å². The molecule has 0 unspecified atom stereocenters. The summed E-state index contributed by atoms with van der Waals surface area (Å²) >= 11 is 0. The van der Waals surface area contributed by atoms with E-state index >= 15 is 0 Å². The van der Waals surface area contributed by atoms with Crippen molar-refractivity contribution < 1.29 is 23.9 Å². The lowest BCUT2D eigenvalue weighted by atomic mass is 9.75. The maximum absolute atomic E-state index is 12.3. The standard InChI is InChI=1S/C21H31NO5/c1-11(2)16-8-7-12(3)9-17(16)27-18(24)10-26-21(25)20-13(4)19(15(6)23)14(5)22-20/h11-12,16-17,22H,7-10H2,1-6H3/t12-,16-,17-/m1/s1. The number of aromatic amines is 1. The Morgan fingerprint density at radius 1 is 1.19 bits per heavy atom. The number of carbonyl (C=O) groups is 3. The average molecular weight is 377 g/mol. The van der Waals surface area contributed by atoms with E-state index in [-0.39, 0.29) is 17.6 Å². The van der Waals surface area contributed by atoms with Gasteiger partial charge in [0.15, 0.2) is 12.4 Å². The highest BCUT2D eigenvalue weighted by atomic mass is 16.6. The summed E-state index contributed by atoms with van der Waals surface area (Å²) < 4.78 is 10.8. The second-order valence-corrected chi connectivity index (χ2v) is 8.11. The van der Waals surface area contributed by atoms with Crippen molar-refractivity contribution >= 4 is 17.7 Å². The number of aryl methyl sites for hydroxylation is 1. The molecule has 1 saturated carbocycles. The molecular formula is C21H31NO5. The van der Waals surface area contributed by atoms with E-state index in [0.29, 0.717) is 34.6 Å². The number of Topliss-reactive ketones (excluding diaryl/α,β-unsaturated/α-hetero) is 1. The Kier molecular flexibility index (Phi) is 6.84. The number of ketones is 1. The van der Waals surface area contributed by atoms with Gasteiger partial charge in [-0.05, 0) is 56.9 Å². The zero-order chi connectivity index (χ0) is 20.3. The van der Waals surface area contributed by atoms with Crippen LogP contribution in [0.5, 0.6) is 0 Å². The number of nitrogens with one attached hydrogen (secondary N) is 1. The van der Waals surface area contributed by atoms with E-state index in [0.717, 1.165) is 19.3 Å². The maximum atomic E-state index is 12.3. The molecule has 0 aromatic carbocycles. The number of hydrogen-bond donors (Lipinski definition) is 1. The van der Waals surface area contributed by atoms with Crippen molar-refractivity contribution in [2.75, 3.05) is 6.61 Å². The van der Waals surface area contributed by atoms with Crippen molar-refractivity contribution in [3.05, 3.63) is 22.5 Å². The molecule has 3 atom stereocenters. The molecule has 0 saturated heterocycles. The summed E-state index contributed by atoms with van der Waals surface area (Å²) in [5.74, 6) is -0.00119. The molecule has 0 bridgehead atoms. The molecule has 6 heteroatoms. The van der Waals surface area contributed by atoms with Crippen LogP contribution in [0.25, 0.3) is 0 Å². The molecule has 0 aliphatic heterocycles. The summed E-state index contributed by atoms with van der Waals surface area (Å²) in [5, 5.41) is 0. The number of carbonyl (C=O) groups excluding carboxylic acids is 3. The Balaban J connectivity index is 1.96. The van der Waals surface area contributed by atoms with Gasteiger partial charge in [0.2, 0.25) is 0 Å². The van der Waals surface area contributed by atoms with Crippen LogP contribution in [0, 0.1) is 31.6 Å². The normalized spacial score (nSPS) is 22.6. The number of H-pyrrole nitrogens is 1. The Morgan fingerprint density at radius 3 is 2.41 bits per heavy atom. The van der Waals surface area contributed by atoms with Crippen molar-refractivity contribution in [3.63, 3.8) is 0 Å². The van der Waals surface area contributed by atoms with Gasteiger partial charge in [-0.25, -0.2) is 9.59 Å². The molecule has 27 heavy (non-hydrogen) atoms. The summed E-state index contributed by atoms with van der Waals surface area (Å²) in [6, 6.07) is 0. The number of ether oxygens (including phenoxy) is 2. The topological polar surface area (TPSA) is 85.5 Å². The number of aromatic nitrogens is 1. The lowest BCUT2D eigenvalue weighted by molar-refractivity contribution is -0.159. The maximum Gasteiger partial charge on any atom is 0.355 e. The molecule has 1 aromatic rings. The van der Waals surface area contributed by atoms with Crippen LogP contribution in [0.3, 0.4) is 0 Å². The Bertz CT molecular complexity index is 718. The SMILES string of the molecule is CC(=O)c1c(C)[nH]c(C(=O)OCC(=O)O[C@@H]2C[C@H](C)CC[C@@H]2C(C)C)c1C. The van der Waals surface area contributed by atoms with Crippen LogP contribution < -0.4 is 0 Å². The second kappa shape index (κ2) is 8.72. The third kappa shape index (κ3) is 4.99. The molecule has 1 fully saturated rings. The van der Waals surface area contributed by atoms with Gasteiger partial charge in [-0.1, -0.05) is 27.2 Å². The van der Waals surface area contributed by atoms with Crippen LogP contribution in [0.1, 0.15) is 79.1 Å². The van der Waals surface area contributed by atoms with E-state index in [1.54, 1.807) is 13.8 Å². The molecule has 1 N–H and O–H groups in total. The summed E-state index contributed by atoms with van der Waals surface area (Å²) in [7, 11) is 0. The molecule has 1 aliphatic rings. The Labute approximate surface area is 161 Å². The zero-order valence-electron chi connectivity index (χ0n) is 17.2. The van der Waals surface area contributed by atoms with Gasteiger partial charge in [-0.2, -0.15) is 0 Å². The largest absolute Gasteiger partial charge is 0.460 e. The van der Waals surface area contributed by atoms with Crippen LogP contribution in [-0.4, -0.2) is 35.4 Å². The fourth-order valence-corrected chi connectivity index (χ4v) is 4.13. The van der Waals surface area contributed by atoms with Crippen LogP contribution in [0.4, 0.5) is 0 Å². The first-order chi connectivity index (χ1) is 12.6. The minimum absolute atomic E-state index is 0.120. The Morgan fingerprint density at radius 2 is 1.85 bits per heavy atom. The summed E-state index contributed by atoms with van der Waals surface area (Å²) in [6.07, 6.45) is 2.92. The first-order valence-corrected chi connectivity index (χ1v) is 9.68. The van der Waals surface area contributed by atoms with Crippen molar-refractivity contribution in [1.82, 2.24) is 4.98 Å². The van der Waals surface area contributed by atoms with E-state index in [9.17, 15) is 14.4 Å². The van der Waals surface area contributed by atoms with Crippen molar-refractivity contribution in [1.29, 1.82) is 0 Å². The van der Waals surface area contributed by atoms with Crippen LogP contribution >= 0.6 is 0 Å². The average Bonchev–Trinajstić information content (AvgIpc) is 2.87. The molecular weight excluding hydrogens is 346 g/mol. The summed E-state index contributed by atoms with van der Waals surface area (Å²) in [5.41, 5.74) is 1.85. The van der Waals surface area contributed by atoms with E-state index in [1.165, 1.54) is 6.92 Å². The minimum Gasteiger partial charge on any atom is -0.460 e. The fourth-order valence-electron chi connectivity index (χ4n) is 4.13. The Hall–Kier alpha value is -2.11. The lowest BCUT2D eigenvalue weighted by Gasteiger charge is -2.36. The number of hydrogen-bond acceptors (Lipinski definition) is 5. The molecule has 1 heterocycles. The van der Waals surface area contributed by atoms with Gasteiger partial charge in [0.05, 0.1) is 0 Å². The van der Waals surface area contributed by atoms with Gasteiger partial charge in [0.1, 0.15) is 11.8 Å². The third-order valence-electron chi connectivity index (χ3n) is 5.56. The van der Waals surface area contributed by atoms with Gasteiger partial charge in [-0.15, -0.1) is 0 Å². The number of esters is 2. The van der Waals surface area contributed by atoms with Crippen LogP contribution in [-0.2, 0) is 14.3 Å². The van der Waals surface area contributed by atoms with Gasteiger partial charge in [0, 0.05) is 11.3 Å². The zero-order valence-corrected chi connectivity index (χ0v) is 17.2. The highest BCUT2D eigenvalue weighted by molar-refractivity contribution is 6.01. The highest BCUT2D eigenvalue weighted by Gasteiger charge is 2.33. The van der Waals surface area contributed by atoms with E-state index in [1.807, 2.05) is 0 Å². The van der Waals surface area contributed by atoms with Gasteiger partial charge in [0.25, 0.3) is 0 Å². The number of rotatable bonds is 6. The highest BCUT2D eigenvalue weighted by Crippen LogP contribution is 2.35. The minimum atomic E-state index is -0.655. The van der Waals surface area contributed by atoms with Crippen molar-refractivity contribution in [3.8, 4) is 0 Å². The van der Waals surface area contributed by atoms with Crippen LogP contribution in [0.15, 0.2) is 0 Å². The van der Waals surface area contributed by atoms with E-state index in [4.69, 9.17) is 9.47 Å². The lowest BCUT2D eigenvalue weighted by Crippen LogP contribution is -2.36. The monoisotopic (exact) mass is 377 g/mol. The third-order valence-corrected chi connectivity index (χ3v) is 5.56. The van der Waals surface area contributed by atoms with Crippen LogP contribution in [0.2, 0.25) is 0 Å². The van der Waals surface area contributed by atoms with Gasteiger partial charge >= 0.3 is 11.9 Å². The molecule has 0 radical (unpaired) electrons. The van der Waals surface area contributed by atoms with Crippen molar-refractivity contribution in [2.45, 2.75) is 66.9 Å². The molecule has 2 rings (SSSR count). The second-order valence-electron chi connectivity index (χ2n) is 8.11. The summed E-state index contributed by atoms with van der Waals surface area (Å²) in [4.78, 5) is 39.1. The predicted octanol–water partition coefficient (Wildman–Crippen LogP) is 3.99. The van der Waals surface area contributed by atoms with Gasteiger partial charge < -0.3 is 14.5 Å². The van der Waals surface area contributed by atoms with Crippen molar-refractivity contribution in [2.24, 2.45) is 17.8 Å². The first-order valence-electron chi connectivity index (χ1n) is 9.68. The molecule has 0 spiro atoms. The molecule has 6 nitrogen and oxygen atoms in total. The fraction of sp³-hybridized carbons (Fsp3) is 0.667. The predicted molar refractivity (Wildman–Crippen MR) is 102 cm³/mol. The van der Waals surface area contributed by atoms with E-state index < -0.39 is 18.5 Å². The molecule has 150 valence electrons. The molecule has 0 amide bonds. The molecule has 1 aliphatic carbocycles. The first kappa shape index (κ1) is 21.2. The smallest absolute Gasteiger partial charge is 0.355 e. The summed E-state index contributed by atoms with van der Waals surface area (Å²) in [6.45, 7) is 10.9. The van der Waals surface area contributed by atoms with Gasteiger partial charge in [-0.3, -0.25) is 4.79 Å². The molecule has 1 aromatic heterocycles.